The second-order valence-electron chi connectivity index (χ2n) is 7.29. The van der Waals surface area contributed by atoms with E-state index in [2.05, 4.69) is 14.9 Å². The molecule has 2 amide bonds. The summed E-state index contributed by atoms with van der Waals surface area (Å²) >= 11 is 7.37. The number of aromatic nitrogens is 2. The third kappa shape index (κ3) is 4.75. The van der Waals surface area contributed by atoms with Crippen LogP contribution in [0.5, 0.6) is 0 Å². The number of nitrogens with one attached hydrogen (secondary N) is 1. The molecule has 0 bridgehead atoms. The van der Waals surface area contributed by atoms with Crippen molar-refractivity contribution in [3.05, 3.63) is 45.7 Å². The normalized spacial score (nSPS) is 16.4. The van der Waals surface area contributed by atoms with E-state index >= 15 is 0 Å². The van der Waals surface area contributed by atoms with Crippen LogP contribution in [0, 0.1) is 5.82 Å². The van der Waals surface area contributed by atoms with Crippen molar-refractivity contribution in [2.24, 2.45) is 0 Å². The van der Waals surface area contributed by atoms with Crippen molar-refractivity contribution in [3.8, 4) is 0 Å². The molecule has 0 unspecified atom stereocenters. The first-order valence-corrected chi connectivity index (χ1v) is 11.0. The van der Waals surface area contributed by atoms with E-state index in [1.807, 2.05) is 13.8 Å². The Hall–Kier alpha value is -2.06. The smallest absolute Gasteiger partial charge is 0.276 e. The van der Waals surface area contributed by atoms with Gasteiger partial charge in [0.05, 0.1) is 0 Å². The highest BCUT2D eigenvalue weighted by molar-refractivity contribution is 7.03. The summed E-state index contributed by atoms with van der Waals surface area (Å²) in [7, 11) is 0. The molecule has 2 aromatic rings. The van der Waals surface area contributed by atoms with Crippen molar-refractivity contribution in [1.29, 1.82) is 0 Å². The summed E-state index contributed by atoms with van der Waals surface area (Å²) in [5.41, 5.74) is 0.128. The van der Waals surface area contributed by atoms with Crippen molar-refractivity contribution < 1.29 is 14.0 Å². The SMILES string of the molecule is CC[C@@H](C)N(C(=O)c1csnn1)[C@H](C(=O)NC1CCCC1)c1c(F)cccc1Cl. The van der Waals surface area contributed by atoms with E-state index in [1.165, 1.54) is 28.5 Å². The van der Waals surface area contributed by atoms with E-state index in [-0.39, 0.29) is 28.4 Å². The van der Waals surface area contributed by atoms with Crippen LogP contribution in [0.3, 0.4) is 0 Å². The molecule has 0 spiro atoms. The lowest BCUT2D eigenvalue weighted by Gasteiger charge is -2.36. The molecule has 1 aliphatic carbocycles. The molecular weight excluding hydrogens is 415 g/mol. The van der Waals surface area contributed by atoms with Gasteiger partial charge in [0.1, 0.15) is 11.9 Å². The van der Waals surface area contributed by atoms with Crippen LogP contribution in [-0.4, -0.2) is 38.4 Å². The van der Waals surface area contributed by atoms with Crippen molar-refractivity contribution >= 4 is 34.9 Å². The molecule has 9 heteroatoms. The molecule has 156 valence electrons. The van der Waals surface area contributed by atoms with E-state index in [9.17, 15) is 14.0 Å². The lowest BCUT2D eigenvalue weighted by molar-refractivity contribution is -0.127. The van der Waals surface area contributed by atoms with Gasteiger partial charge in [0.25, 0.3) is 5.91 Å². The van der Waals surface area contributed by atoms with Gasteiger partial charge < -0.3 is 10.2 Å². The van der Waals surface area contributed by atoms with E-state index in [0.717, 1.165) is 37.2 Å². The molecule has 29 heavy (non-hydrogen) atoms. The summed E-state index contributed by atoms with van der Waals surface area (Å²) in [5.74, 6) is -1.53. The minimum Gasteiger partial charge on any atom is -0.351 e. The fourth-order valence-electron chi connectivity index (χ4n) is 3.68. The van der Waals surface area contributed by atoms with Crippen LogP contribution < -0.4 is 5.32 Å². The first kappa shape index (κ1) is 21.6. The van der Waals surface area contributed by atoms with Crippen LogP contribution >= 0.6 is 23.1 Å². The molecule has 1 aromatic heterocycles. The summed E-state index contributed by atoms with van der Waals surface area (Å²) in [6, 6.07) is 2.73. The predicted molar refractivity (Wildman–Crippen MR) is 110 cm³/mol. The lowest BCUT2D eigenvalue weighted by atomic mass is 9.99. The van der Waals surface area contributed by atoms with Crippen molar-refractivity contribution in [2.45, 2.75) is 64.1 Å². The van der Waals surface area contributed by atoms with E-state index < -0.39 is 23.7 Å². The maximum absolute atomic E-state index is 14.9. The zero-order valence-electron chi connectivity index (χ0n) is 16.4. The highest BCUT2D eigenvalue weighted by Gasteiger charge is 2.39. The molecule has 1 heterocycles. The van der Waals surface area contributed by atoms with Gasteiger partial charge in [-0.1, -0.05) is 41.9 Å². The van der Waals surface area contributed by atoms with Crippen LogP contribution in [-0.2, 0) is 4.79 Å². The van der Waals surface area contributed by atoms with Gasteiger partial charge in [0.15, 0.2) is 5.69 Å². The van der Waals surface area contributed by atoms with Crippen LogP contribution in [0.25, 0.3) is 0 Å². The highest BCUT2D eigenvalue weighted by atomic mass is 35.5. The second kappa shape index (κ2) is 9.63. The molecule has 1 fully saturated rings. The fourth-order valence-corrected chi connectivity index (χ4v) is 4.37. The highest BCUT2D eigenvalue weighted by Crippen LogP contribution is 2.34. The third-order valence-corrected chi connectivity index (χ3v) is 6.21. The minimum atomic E-state index is -1.20. The van der Waals surface area contributed by atoms with Gasteiger partial charge in [-0.25, -0.2) is 4.39 Å². The van der Waals surface area contributed by atoms with Crippen LogP contribution in [0.2, 0.25) is 5.02 Å². The van der Waals surface area contributed by atoms with E-state index in [4.69, 9.17) is 11.6 Å². The second-order valence-corrected chi connectivity index (χ2v) is 8.30. The topological polar surface area (TPSA) is 75.2 Å². The molecule has 0 aliphatic heterocycles. The zero-order valence-corrected chi connectivity index (χ0v) is 18.0. The largest absolute Gasteiger partial charge is 0.351 e. The number of nitrogens with zero attached hydrogens (tertiary/aromatic N) is 3. The quantitative estimate of drug-likeness (QED) is 0.696. The summed E-state index contributed by atoms with van der Waals surface area (Å²) in [6.45, 7) is 3.72. The van der Waals surface area contributed by atoms with Gasteiger partial charge in [-0.15, -0.1) is 5.10 Å². The summed E-state index contributed by atoms with van der Waals surface area (Å²) in [4.78, 5) is 28.0. The maximum atomic E-state index is 14.9. The Labute approximate surface area is 178 Å². The van der Waals surface area contributed by atoms with Crippen LogP contribution in [0.15, 0.2) is 23.6 Å². The number of amides is 2. The molecule has 1 aromatic carbocycles. The maximum Gasteiger partial charge on any atom is 0.276 e. The Bertz CT molecular complexity index is 838. The number of benzene rings is 1. The number of carbonyl (C=O) groups excluding carboxylic acids is 2. The van der Waals surface area contributed by atoms with E-state index in [1.54, 1.807) is 0 Å². The third-order valence-electron chi connectivity index (χ3n) is 5.38. The van der Waals surface area contributed by atoms with Gasteiger partial charge in [-0.2, -0.15) is 0 Å². The number of hydrogen-bond donors (Lipinski definition) is 1. The van der Waals surface area contributed by atoms with Gasteiger partial charge in [-0.05, 0) is 49.9 Å². The summed E-state index contributed by atoms with van der Waals surface area (Å²) in [6.07, 6.45) is 4.39. The Morgan fingerprint density at radius 3 is 2.69 bits per heavy atom. The first-order valence-electron chi connectivity index (χ1n) is 9.78. The van der Waals surface area contributed by atoms with Crippen LogP contribution in [0.1, 0.15) is 68.0 Å². The molecule has 1 aliphatic rings. The molecule has 6 nitrogen and oxygen atoms in total. The van der Waals surface area contributed by atoms with Crippen molar-refractivity contribution in [3.63, 3.8) is 0 Å². The zero-order chi connectivity index (χ0) is 21.0. The van der Waals surface area contributed by atoms with Crippen molar-refractivity contribution in [2.75, 3.05) is 0 Å². The number of hydrogen-bond acceptors (Lipinski definition) is 5. The Balaban J connectivity index is 2.07. The predicted octanol–water partition coefficient (Wildman–Crippen LogP) is 4.37. The van der Waals surface area contributed by atoms with Gasteiger partial charge >= 0.3 is 0 Å². The molecule has 3 rings (SSSR count). The molecule has 0 saturated heterocycles. The van der Waals surface area contributed by atoms with Gasteiger partial charge in [0, 0.05) is 28.0 Å². The molecular formula is C20H24ClFN4O2S. The fraction of sp³-hybridized carbons (Fsp3) is 0.500. The van der Waals surface area contributed by atoms with Crippen LogP contribution in [0.4, 0.5) is 4.39 Å². The lowest BCUT2D eigenvalue weighted by Crippen LogP contribution is -2.49. The standard InChI is InChI=1S/C20H24ClFN4O2S/c1-3-12(2)26(20(28)16-11-29-25-24-16)18(17-14(21)9-6-10-15(17)22)19(27)23-13-7-4-5-8-13/h6,9-13,18H,3-5,7-8H2,1-2H3,(H,23,27)/t12-,18+/m1/s1. The monoisotopic (exact) mass is 438 g/mol. The average Bonchev–Trinajstić information content (AvgIpc) is 3.40. The summed E-state index contributed by atoms with van der Waals surface area (Å²) < 4.78 is 18.6. The van der Waals surface area contributed by atoms with Gasteiger partial charge in [-0.3, -0.25) is 9.59 Å². The molecule has 1 saturated carbocycles. The minimum absolute atomic E-state index is 0.00139. The first-order chi connectivity index (χ1) is 13.9. The Morgan fingerprint density at radius 2 is 2.10 bits per heavy atom. The molecule has 1 N–H and O–H groups in total. The van der Waals surface area contributed by atoms with E-state index in [0.29, 0.717) is 6.42 Å². The summed E-state index contributed by atoms with van der Waals surface area (Å²) in [5, 5.41) is 8.48. The van der Waals surface area contributed by atoms with Crippen molar-refractivity contribution in [1.82, 2.24) is 19.8 Å². The number of rotatable bonds is 7. The Kier molecular flexibility index (Phi) is 7.18. The number of carbonyl (C=O) groups is 2. The Morgan fingerprint density at radius 1 is 1.38 bits per heavy atom. The number of halogens is 2. The van der Waals surface area contributed by atoms with Gasteiger partial charge in [0.2, 0.25) is 5.91 Å². The molecule has 2 atom stereocenters. The molecule has 0 radical (unpaired) electrons. The average molecular weight is 439 g/mol.